The van der Waals surface area contributed by atoms with Crippen molar-refractivity contribution in [3.8, 4) is 0 Å². The Morgan fingerprint density at radius 2 is 2.05 bits per heavy atom. The average molecular weight is 326 g/mol. The predicted octanol–water partition coefficient (Wildman–Crippen LogP) is 3.96. The summed E-state index contributed by atoms with van der Waals surface area (Å²) in [4.78, 5) is 0. The van der Waals surface area contributed by atoms with Crippen LogP contribution in [-0.4, -0.2) is 25.8 Å². The second-order valence-corrected chi connectivity index (χ2v) is 6.66. The molecule has 1 aromatic rings. The maximum absolute atomic E-state index is 5.57. The minimum Gasteiger partial charge on any atom is -0.380 e. The van der Waals surface area contributed by atoms with E-state index in [-0.39, 0.29) is 0 Å². The molecular weight excluding hydrogens is 302 g/mol. The molecule has 1 aliphatic carbocycles. The van der Waals surface area contributed by atoms with Crippen LogP contribution >= 0.6 is 15.9 Å². The fourth-order valence-electron chi connectivity index (χ4n) is 2.50. The van der Waals surface area contributed by atoms with Gasteiger partial charge in [-0.15, -0.1) is 0 Å². The summed E-state index contributed by atoms with van der Waals surface area (Å²) < 4.78 is 6.82. The molecule has 0 spiro atoms. The zero-order valence-electron chi connectivity index (χ0n) is 11.9. The van der Waals surface area contributed by atoms with Crippen molar-refractivity contribution in [1.29, 1.82) is 0 Å². The van der Waals surface area contributed by atoms with Crippen molar-refractivity contribution >= 4 is 15.9 Å². The summed E-state index contributed by atoms with van der Waals surface area (Å²) in [5.74, 6) is 1.34. The summed E-state index contributed by atoms with van der Waals surface area (Å²) >= 11 is 3.64. The lowest BCUT2D eigenvalue weighted by Crippen LogP contribution is -2.41. The molecule has 19 heavy (non-hydrogen) atoms. The molecule has 2 nitrogen and oxygen atoms in total. The topological polar surface area (TPSA) is 21.3 Å². The van der Waals surface area contributed by atoms with Crippen LogP contribution in [0, 0.1) is 5.92 Å². The summed E-state index contributed by atoms with van der Waals surface area (Å²) in [5.41, 5.74) is 1.46. The Kier molecular flexibility index (Phi) is 5.86. The van der Waals surface area contributed by atoms with Gasteiger partial charge >= 0.3 is 0 Å². The molecule has 0 atom stereocenters. The predicted molar refractivity (Wildman–Crippen MR) is 83.6 cm³/mol. The molecule has 0 aromatic heterocycles. The summed E-state index contributed by atoms with van der Waals surface area (Å²) in [5, 5.41) is 3.57. The van der Waals surface area contributed by atoms with Gasteiger partial charge in [-0.2, -0.15) is 0 Å². The van der Waals surface area contributed by atoms with Gasteiger partial charge < -0.3 is 10.1 Å². The third-order valence-corrected chi connectivity index (χ3v) is 4.34. The van der Waals surface area contributed by atoms with Gasteiger partial charge in [-0.25, -0.2) is 0 Å². The Labute approximate surface area is 125 Å². The Morgan fingerprint density at radius 1 is 1.32 bits per heavy atom. The standard InChI is InChI=1S/C16H24BrNO/c1-12(2)11-19-8-7-18-14-9-13(10-14)15-5-3-4-6-16(15)17/h3-6,12-14,18H,7-11H2,1-2H3. The van der Waals surface area contributed by atoms with Crippen molar-refractivity contribution < 1.29 is 4.74 Å². The van der Waals surface area contributed by atoms with Gasteiger partial charge in [-0.3, -0.25) is 0 Å². The molecule has 0 unspecified atom stereocenters. The maximum atomic E-state index is 5.57. The SMILES string of the molecule is CC(C)COCCNC1CC(c2ccccc2Br)C1. The lowest BCUT2D eigenvalue weighted by atomic mass is 9.76. The highest BCUT2D eigenvalue weighted by atomic mass is 79.9. The molecule has 0 amide bonds. The number of hydrogen-bond acceptors (Lipinski definition) is 2. The number of hydrogen-bond donors (Lipinski definition) is 1. The number of ether oxygens (including phenoxy) is 1. The number of benzene rings is 1. The van der Waals surface area contributed by atoms with Crippen LogP contribution in [0.4, 0.5) is 0 Å². The Bertz CT molecular complexity index is 388. The van der Waals surface area contributed by atoms with Gasteiger partial charge in [-0.1, -0.05) is 48.0 Å². The highest BCUT2D eigenvalue weighted by Crippen LogP contribution is 2.39. The van der Waals surface area contributed by atoms with Crippen LogP contribution in [0.2, 0.25) is 0 Å². The van der Waals surface area contributed by atoms with Gasteiger partial charge in [0.25, 0.3) is 0 Å². The van der Waals surface area contributed by atoms with Crippen molar-refractivity contribution in [3.63, 3.8) is 0 Å². The molecule has 0 radical (unpaired) electrons. The van der Waals surface area contributed by atoms with Crippen LogP contribution in [0.3, 0.4) is 0 Å². The lowest BCUT2D eigenvalue weighted by molar-refractivity contribution is 0.106. The normalized spacial score (nSPS) is 22.5. The number of nitrogens with one attached hydrogen (secondary N) is 1. The second kappa shape index (κ2) is 7.41. The van der Waals surface area contributed by atoms with E-state index in [2.05, 4.69) is 59.4 Å². The highest BCUT2D eigenvalue weighted by molar-refractivity contribution is 9.10. The van der Waals surface area contributed by atoms with Crippen molar-refractivity contribution in [2.24, 2.45) is 5.92 Å². The van der Waals surface area contributed by atoms with Gasteiger partial charge in [0.15, 0.2) is 0 Å². The summed E-state index contributed by atoms with van der Waals surface area (Å²) in [6, 6.07) is 9.24. The number of rotatable bonds is 7. The smallest absolute Gasteiger partial charge is 0.0591 e. The fourth-order valence-corrected chi connectivity index (χ4v) is 3.11. The third kappa shape index (κ3) is 4.59. The van der Waals surface area contributed by atoms with Crippen LogP contribution < -0.4 is 5.32 Å². The first-order chi connectivity index (χ1) is 9.16. The van der Waals surface area contributed by atoms with E-state index in [0.717, 1.165) is 19.8 Å². The second-order valence-electron chi connectivity index (χ2n) is 5.81. The Balaban J connectivity index is 1.60. The van der Waals surface area contributed by atoms with Crippen LogP contribution in [0.25, 0.3) is 0 Å². The first-order valence-corrected chi connectivity index (χ1v) is 8.01. The van der Waals surface area contributed by atoms with Crippen molar-refractivity contribution in [2.75, 3.05) is 19.8 Å². The molecule has 0 aliphatic heterocycles. The van der Waals surface area contributed by atoms with E-state index in [1.165, 1.54) is 22.9 Å². The zero-order chi connectivity index (χ0) is 13.7. The first kappa shape index (κ1) is 15.0. The van der Waals surface area contributed by atoms with E-state index in [9.17, 15) is 0 Å². The van der Waals surface area contributed by atoms with E-state index in [1.807, 2.05) is 0 Å². The van der Waals surface area contributed by atoms with Crippen LogP contribution in [0.15, 0.2) is 28.7 Å². The van der Waals surface area contributed by atoms with E-state index >= 15 is 0 Å². The quantitative estimate of drug-likeness (QED) is 0.766. The van der Waals surface area contributed by atoms with Gasteiger partial charge in [0.2, 0.25) is 0 Å². The van der Waals surface area contributed by atoms with Crippen molar-refractivity contribution in [2.45, 2.75) is 38.6 Å². The zero-order valence-corrected chi connectivity index (χ0v) is 13.4. The van der Waals surface area contributed by atoms with Crippen molar-refractivity contribution in [3.05, 3.63) is 34.3 Å². The molecule has 0 bridgehead atoms. The molecule has 3 heteroatoms. The molecule has 0 heterocycles. The van der Waals surface area contributed by atoms with Crippen molar-refractivity contribution in [1.82, 2.24) is 5.32 Å². The molecule has 2 rings (SSSR count). The highest BCUT2D eigenvalue weighted by Gasteiger charge is 2.30. The van der Waals surface area contributed by atoms with Crippen LogP contribution in [0.5, 0.6) is 0 Å². The van der Waals surface area contributed by atoms with Crippen LogP contribution in [0.1, 0.15) is 38.2 Å². The summed E-state index contributed by atoms with van der Waals surface area (Å²) in [6.45, 7) is 7.03. The van der Waals surface area contributed by atoms with Crippen LogP contribution in [-0.2, 0) is 4.74 Å². The number of halogens is 1. The molecule has 0 saturated heterocycles. The van der Waals surface area contributed by atoms with E-state index in [4.69, 9.17) is 4.74 Å². The fraction of sp³-hybridized carbons (Fsp3) is 0.625. The molecule has 106 valence electrons. The van der Waals surface area contributed by atoms with Gasteiger partial charge in [-0.05, 0) is 36.3 Å². The van der Waals surface area contributed by atoms with Gasteiger partial charge in [0, 0.05) is 23.7 Å². The maximum Gasteiger partial charge on any atom is 0.0591 e. The van der Waals surface area contributed by atoms with E-state index in [0.29, 0.717) is 17.9 Å². The minimum atomic E-state index is 0.628. The molecule has 1 aliphatic rings. The molecular formula is C16H24BrNO. The minimum absolute atomic E-state index is 0.628. The Hall–Kier alpha value is -0.380. The monoisotopic (exact) mass is 325 g/mol. The summed E-state index contributed by atoms with van der Waals surface area (Å²) in [7, 11) is 0. The van der Waals surface area contributed by atoms with Gasteiger partial charge in [0.1, 0.15) is 0 Å². The van der Waals surface area contributed by atoms with E-state index in [1.54, 1.807) is 0 Å². The lowest BCUT2D eigenvalue weighted by Gasteiger charge is -2.37. The summed E-state index contributed by atoms with van der Waals surface area (Å²) in [6.07, 6.45) is 2.49. The third-order valence-electron chi connectivity index (χ3n) is 3.61. The Morgan fingerprint density at radius 3 is 2.74 bits per heavy atom. The van der Waals surface area contributed by atoms with Gasteiger partial charge in [0.05, 0.1) is 6.61 Å². The molecule has 1 fully saturated rings. The largest absolute Gasteiger partial charge is 0.380 e. The average Bonchev–Trinajstić information content (AvgIpc) is 2.32. The molecule has 1 N–H and O–H groups in total. The molecule has 1 saturated carbocycles. The van der Waals surface area contributed by atoms with E-state index < -0.39 is 0 Å². The first-order valence-electron chi connectivity index (χ1n) is 7.22. The molecule has 1 aromatic carbocycles.